The van der Waals surface area contributed by atoms with E-state index in [9.17, 15) is 9.59 Å². The van der Waals surface area contributed by atoms with Gasteiger partial charge >= 0.3 is 12.0 Å². The molecule has 0 aromatic carbocycles. The molecule has 2 unspecified atom stereocenters. The monoisotopic (exact) mass is 254 g/mol. The number of carboxylic acid groups (broad SMARTS) is 1. The average Bonchev–Trinajstić information content (AvgIpc) is 2.37. The highest BCUT2D eigenvalue weighted by atomic mass is 16.5. The van der Waals surface area contributed by atoms with E-state index < -0.39 is 18.0 Å². The van der Waals surface area contributed by atoms with Crippen LogP contribution in [0.3, 0.4) is 0 Å². The number of carbonyl (C=O) groups is 2. The van der Waals surface area contributed by atoms with Crippen LogP contribution in [0, 0.1) is 12.3 Å². The quantitative estimate of drug-likeness (QED) is 0.706. The SMILES string of the molecule is C#CCC(NC(=O)N1CCOCC1CC)C(=O)O. The van der Waals surface area contributed by atoms with Crippen LogP contribution in [0.2, 0.25) is 0 Å². The lowest BCUT2D eigenvalue weighted by molar-refractivity contribution is -0.139. The molecule has 1 fully saturated rings. The van der Waals surface area contributed by atoms with Gasteiger partial charge in [-0.2, -0.15) is 0 Å². The van der Waals surface area contributed by atoms with E-state index in [4.69, 9.17) is 16.3 Å². The number of aliphatic carboxylic acids is 1. The molecule has 0 aromatic rings. The Morgan fingerprint density at radius 3 is 2.94 bits per heavy atom. The van der Waals surface area contributed by atoms with Gasteiger partial charge in [-0.3, -0.25) is 0 Å². The number of amides is 2. The normalized spacial score (nSPS) is 20.9. The van der Waals surface area contributed by atoms with E-state index >= 15 is 0 Å². The lowest BCUT2D eigenvalue weighted by Gasteiger charge is -2.35. The van der Waals surface area contributed by atoms with Gasteiger partial charge in [0.05, 0.1) is 19.3 Å². The highest BCUT2D eigenvalue weighted by molar-refractivity contribution is 5.83. The molecule has 6 nitrogen and oxygen atoms in total. The molecule has 0 saturated carbocycles. The molecule has 2 N–H and O–H groups in total. The van der Waals surface area contributed by atoms with E-state index in [0.29, 0.717) is 19.8 Å². The van der Waals surface area contributed by atoms with E-state index in [2.05, 4.69) is 11.2 Å². The largest absolute Gasteiger partial charge is 0.480 e. The van der Waals surface area contributed by atoms with Crippen molar-refractivity contribution in [3.05, 3.63) is 0 Å². The van der Waals surface area contributed by atoms with Crippen molar-refractivity contribution >= 4 is 12.0 Å². The van der Waals surface area contributed by atoms with Gasteiger partial charge in [0.25, 0.3) is 0 Å². The number of hydrogen-bond donors (Lipinski definition) is 2. The third-order valence-electron chi connectivity index (χ3n) is 2.88. The fourth-order valence-corrected chi connectivity index (χ4v) is 1.81. The van der Waals surface area contributed by atoms with Crippen LogP contribution < -0.4 is 5.32 Å². The summed E-state index contributed by atoms with van der Waals surface area (Å²) >= 11 is 0. The van der Waals surface area contributed by atoms with Crippen LogP contribution in [0.25, 0.3) is 0 Å². The van der Waals surface area contributed by atoms with Crippen molar-refractivity contribution in [1.82, 2.24) is 10.2 Å². The van der Waals surface area contributed by atoms with Gasteiger partial charge in [0.2, 0.25) is 0 Å². The maximum Gasteiger partial charge on any atom is 0.327 e. The summed E-state index contributed by atoms with van der Waals surface area (Å²) in [7, 11) is 0. The maximum absolute atomic E-state index is 12.0. The summed E-state index contributed by atoms with van der Waals surface area (Å²) in [6.45, 7) is 3.37. The Hall–Kier alpha value is -1.74. The predicted octanol–water partition coefficient (Wildman–Crippen LogP) is 0.283. The number of nitrogens with one attached hydrogen (secondary N) is 1. The number of hydrogen-bond acceptors (Lipinski definition) is 3. The van der Waals surface area contributed by atoms with Crippen LogP contribution in [0.4, 0.5) is 4.79 Å². The Kier molecular flexibility index (Phi) is 5.46. The fraction of sp³-hybridized carbons (Fsp3) is 0.667. The second-order valence-corrected chi connectivity index (χ2v) is 4.08. The molecule has 1 aliphatic heterocycles. The van der Waals surface area contributed by atoms with E-state index in [1.54, 1.807) is 4.90 Å². The summed E-state index contributed by atoms with van der Waals surface area (Å²) < 4.78 is 5.28. The zero-order valence-electron chi connectivity index (χ0n) is 10.4. The minimum Gasteiger partial charge on any atom is -0.480 e. The molecule has 2 amide bonds. The van der Waals surface area contributed by atoms with Crippen LogP contribution >= 0.6 is 0 Å². The highest BCUT2D eigenvalue weighted by Crippen LogP contribution is 2.10. The number of terminal acetylenes is 1. The van der Waals surface area contributed by atoms with Crippen molar-refractivity contribution < 1.29 is 19.4 Å². The first-order chi connectivity index (χ1) is 8.60. The van der Waals surface area contributed by atoms with Gasteiger partial charge in [-0.1, -0.05) is 6.92 Å². The number of carboxylic acids is 1. The first kappa shape index (κ1) is 14.3. The molecule has 0 spiro atoms. The average molecular weight is 254 g/mol. The van der Waals surface area contributed by atoms with E-state index in [1.807, 2.05) is 6.92 Å². The predicted molar refractivity (Wildman–Crippen MR) is 65.0 cm³/mol. The zero-order valence-corrected chi connectivity index (χ0v) is 10.4. The van der Waals surface area contributed by atoms with Crippen molar-refractivity contribution in [2.75, 3.05) is 19.8 Å². The van der Waals surface area contributed by atoms with Crippen LogP contribution in [-0.2, 0) is 9.53 Å². The summed E-state index contributed by atoms with van der Waals surface area (Å²) in [5.41, 5.74) is 0. The van der Waals surface area contributed by atoms with Gasteiger partial charge < -0.3 is 20.1 Å². The van der Waals surface area contributed by atoms with Gasteiger partial charge in [0.1, 0.15) is 6.04 Å². The van der Waals surface area contributed by atoms with E-state index in [1.165, 1.54) is 0 Å². The van der Waals surface area contributed by atoms with Crippen molar-refractivity contribution in [2.24, 2.45) is 0 Å². The number of urea groups is 1. The van der Waals surface area contributed by atoms with Gasteiger partial charge in [-0.15, -0.1) is 12.3 Å². The van der Waals surface area contributed by atoms with E-state index in [0.717, 1.165) is 6.42 Å². The van der Waals surface area contributed by atoms with Gasteiger partial charge in [-0.25, -0.2) is 9.59 Å². The highest BCUT2D eigenvalue weighted by Gasteiger charge is 2.28. The summed E-state index contributed by atoms with van der Waals surface area (Å²) in [5, 5.41) is 11.4. The number of nitrogens with zero attached hydrogens (tertiary/aromatic N) is 1. The third kappa shape index (κ3) is 3.64. The van der Waals surface area contributed by atoms with Gasteiger partial charge in [-0.05, 0) is 6.42 Å². The molecule has 100 valence electrons. The lowest BCUT2D eigenvalue weighted by Crippen LogP contribution is -2.55. The van der Waals surface area contributed by atoms with Gasteiger partial charge in [0, 0.05) is 13.0 Å². The Morgan fingerprint density at radius 1 is 1.67 bits per heavy atom. The minimum absolute atomic E-state index is 0.0148. The molecule has 0 aliphatic carbocycles. The second-order valence-electron chi connectivity index (χ2n) is 4.08. The maximum atomic E-state index is 12.0. The number of ether oxygens (including phenoxy) is 1. The lowest BCUT2D eigenvalue weighted by atomic mass is 10.2. The molecular weight excluding hydrogens is 236 g/mol. The molecule has 18 heavy (non-hydrogen) atoms. The molecule has 0 aromatic heterocycles. The molecular formula is C12H18N2O4. The third-order valence-corrected chi connectivity index (χ3v) is 2.88. The molecule has 0 bridgehead atoms. The topological polar surface area (TPSA) is 78.9 Å². The molecule has 0 radical (unpaired) electrons. The smallest absolute Gasteiger partial charge is 0.327 e. The number of morpholine rings is 1. The van der Waals surface area contributed by atoms with Crippen molar-refractivity contribution in [3.63, 3.8) is 0 Å². The molecule has 1 saturated heterocycles. The van der Waals surface area contributed by atoms with Crippen molar-refractivity contribution in [2.45, 2.75) is 31.8 Å². The Morgan fingerprint density at radius 2 is 2.39 bits per heavy atom. The summed E-state index contributed by atoms with van der Waals surface area (Å²) in [6.07, 6.45) is 5.82. The summed E-state index contributed by atoms with van der Waals surface area (Å²) in [6, 6.07) is -1.45. The van der Waals surface area contributed by atoms with Crippen LogP contribution in [-0.4, -0.2) is 53.8 Å². The molecule has 2 atom stereocenters. The van der Waals surface area contributed by atoms with Crippen LogP contribution in [0.1, 0.15) is 19.8 Å². The van der Waals surface area contributed by atoms with Crippen LogP contribution in [0.5, 0.6) is 0 Å². The number of carbonyl (C=O) groups excluding carboxylic acids is 1. The van der Waals surface area contributed by atoms with Crippen LogP contribution in [0.15, 0.2) is 0 Å². The first-order valence-corrected chi connectivity index (χ1v) is 5.91. The Labute approximate surface area is 106 Å². The first-order valence-electron chi connectivity index (χ1n) is 5.91. The fourth-order valence-electron chi connectivity index (χ4n) is 1.81. The number of rotatable bonds is 4. The Bertz CT molecular complexity index is 350. The van der Waals surface area contributed by atoms with Gasteiger partial charge in [0.15, 0.2) is 0 Å². The summed E-state index contributed by atoms with van der Waals surface area (Å²) in [5.74, 6) is 1.12. The zero-order chi connectivity index (χ0) is 13.5. The summed E-state index contributed by atoms with van der Waals surface area (Å²) in [4.78, 5) is 24.5. The second kappa shape index (κ2) is 6.87. The molecule has 1 aliphatic rings. The molecule has 1 rings (SSSR count). The standard InChI is InChI=1S/C12H18N2O4/c1-3-5-10(11(15)16)13-12(17)14-6-7-18-8-9(14)4-2/h1,9-10H,4-8H2,2H3,(H,13,17)(H,15,16). The van der Waals surface area contributed by atoms with E-state index in [-0.39, 0.29) is 12.5 Å². The minimum atomic E-state index is -1.12. The van der Waals surface area contributed by atoms with Crippen molar-refractivity contribution in [1.29, 1.82) is 0 Å². The van der Waals surface area contributed by atoms with Crippen molar-refractivity contribution in [3.8, 4) is 12.3 Å². The Balaban J connectivity index is 2.62. The molecule has 1 heterocycles. The molecule has 6 heteroatoms.